The van der Waals surface area contributed by atoms with Crippen LogP contribution in [0.3, 0.4) is 0 Å². The van der Waals surface area contributed by atoms with Gasteiger partial charge < -0.3 is 15.4 Å². The molecule has 2 aromatic rings. The lowest BCUT2D eigenvalue weighted by atomic mass is 10.3. The van der Waals surface area contributed by atoms with Crippen LogP contribution in [0.4, 0.5) is 16.2 Å². The molecule has 2 rings (SSSR count). The van der Waals surface area contributed by atoms with Crippen molar-refractivity contribution in [3.05, 3.63) is 48.5 Å². The van der Waals surface area contributed by atoms with E-state index in [0.717, 1.165) is 4.31 Å². The van der Waals surface area contributed by atoms with Crippen LogP contribution in [0.1, 0.15) is 6.92 Å². The highest BCUT2D eigenvalue weighted by Crippen LogP contribution is 2.29. The van der Waals surface area contributed by atoms with Gasteiger partial charge in [-0.15, -0.1) is 0 Å². The molecule has 3 amide bonds. The molecule has 0 aliphatic heterocycles. The van der Waals surface area contributed by atoms with Gasteiger partial charge in [0.15, 0.2) is 0 Å². The molecule has 9 nitrogen and oxygen atoms in total. The maximum Gasteiger partial charge on any atom is 0.325 e. The Morgan fingerprint density at radius 2 is 1.72 bits per heavy atom. The van der Waals surface area contributed by atoms with E-state index in [9.17, 15) is 18.0 Å². The van der Waals surface area contributed by atoms with E-state index in [4.69, 9.17) is 4.74 Å². The molecule has 0 saturated heterocycles. The van der Waals surface area contributed by atoms with Crippen molar-refractivity contribution in [2.24, 2.45) is 0 Å². The molecule has 0 aliphatic rings. The summed E-state index contributed by atoms with van der Waals surface area (Å²) in [6.07, 6.45) is 0. The number of rotatable bonds is 8. The number of nitrogens with one attached hydrogen (secondary N) is 3. The number of sulfonamides is 1. The number of benzene rings is 2. The van der Waals surface area contributed by atoms with Crippen molar-refractivity contribution >= 4 is 33.3 Å². The van der Waals surface area contributed by atoms with E-state index < -0.39 is 22.0 Å². The molecule has 29 heavy (non-hydrogen) atoms. The van der Waals surface area contributed by atoms with Gasteiger partial charge in [-0.1, -0.05) is 18.2 Å². The smallest absolute Gasteiger partial charge is 0.325 e. The first-order valence-corrected chi connectivity index (χ1v) is 10.3. The largest absolute Gasteiger partial charge is 0.492 e. The maximum atomic E-state index is 12.5. The van der Waals surface area contributed by atoms with Crippen LogP contribution in [0, 0.1) is 0 Å². The first kappa shape index (κ1) is 22.2. The van der Waals surface area contributed by atoms with E-state index in [2.05, 4.69) is 16.0 Å². The molecule has 3 N–H and O–H groups in total. The number of hydrogen-bond donors (Lipinski definition) is 3. The van der Waals surface area contributed by atoms with Gasteiger partial charge in [0.1, 0.15) is 10.6 Å². The lowest BCUT2D eigenvalue weighted by Gasteiger charge is -2.17. The highest BCUT2D eigenvalue weighted by atomic mass is 32.2. The number of para-hydroxylation sites is 1. The quantitative estimate of drug-likeness (QED) is 0.602. The summed E-state index contributed by atoms with van der Waals surface area (Å²) in [5, 5.41) is 7.53. The molecular formula is C19H24N4O5S. The lowest BCUT2D eigenvalue weighted by Crippen LogP contribution is -2.38. The first-order valence-electron chi connectivity index (χ1n) is 8.83. The first-order chi connectivity index (χ1) is 13.7. The zero-order valence-corrected chi connectivity index (χ0v) is 17.2. The van der Waals surface area contributed by atoms with Crippen LogP contribution < -0.4 is 20.7 Å². The summed E-state index contributed by atoms with van der Waals surface area (Å²) in [5.74, 6) is -0.359. The van der Waals surface area contributed by atoms with Crippen molar-refractivity contribution in [3.63, 3.8) is 0 Å². The highest BCUT2D eigenvalue weighted by Gasteiger charge is 2.23. The summed E-state index contributed by atoms with van der Waals surface area (Å²) in [6, 6.07) is 12.5. The van der Waals surface area contributed by atoms with Gasteiger partial charge in [-0.05, 0) is 37.3 Å². The number of anilines is 2. The molecule has 0 bridgehead atoms. The van der Waals surface area contributed by atoms with Crippen LogP contribution in [0.15, 0.2) is 53.4 Å². The van der Waals surface area contributed by atoms with Gasteiger partial charge in [0.2, 0.25) is 15.9 Å². The second-order valence-corrected chi connectivity index (χ2v) is 8.22. The van der Waals surface area contributed by atoms with E-state index in [0.29, 0.717) is 18.0 Å². The minimum atomic E-state index is -3.74. The lowest BCUT2D eigenvalue weighted by molar-refractivity contribution is -0.118. The van der Waals surface area contributed by atoms with E-state index in [1.807, 2.05) is 0 Å². The minimum absolute atomic E-state index is 0.0171. The van der Waals surface area contributed by atoms with Crippen LogP contribution in [0.2, 0.25) is 0 Å². The van der Waals surface area contributed by atoms with Crippen LogP contribution in [-0.4, -0.2) is 51.9 Å². The predicted molar refractivity (Wildman–Crippen MR) is 111 cm³/mol. The molecule has 0 spiro atoms. The number of carbonyl (C=O) groups is 2. The number of urea groups is 1. The minimum Gasteiger partial charge on any atom is -0.492 e. The monoisotopic (exact) mass is 420 g/mol. The number of amides is 3. The Kier molecular flexibility index (Phi) is 7.57. The maximum absolute atomic E-state index is 12.5. The number of hydrogen-bond acceptors (Lipinski definition) is 6. The van der Waals surface area contributed by atoms with Crippen LogP contribution >= 0.6 is 0 Å². The average molecular weight is 420 g/mol. The van der Waals surface area contributed by atoms with Gasteiger partial charge in [0, 0.05) is 25.5 Å². The van der Waals surface area contributed by atoms with Gasteiger partial charge >= 0.3 is 6.03 Å². The van der Waals surface area contributed by atoms with E-state index in [-0.39, 0.29) is 17.2 Å². The fraction of sp³-hybridized carbons (Fsp3) is 0.263. The summed E-state index contributed by atoms with van der Waals surface area (Å²) < 4.78 is 31.5. The van der Waals surface area contributed by atoms with Crippen molar-refractivity contribution in [1.29, 1.82) is 0 Å². The molecular weight excluding hydrogens is 396 g/mol. The Bertz CT molecular complexity index is 962. The molecule has 0 aromatic heterocycles. The third kappa shape index (κ3) is 6.19. The van der Waals surface area contributed by atoms with Crippen LogP contribution in [-0.2, 0) is 14.8 Å². The second-order valence-electron chi connectivity index (χ2n) is 6.10. The van der Waals surface area contributed by atoms with Gasteiger partial charge in [0.25, 0.3) is 0 Å². The highest BCUT2D eigenvalue weighted by molar-refractivity contribution is 7.89. The Hall–Kier alpha value is -3.11. The number of nitrogens with zero attached hydrogens (tertiary/aromatic N) is 1. The number of carbonyl (C=O) groups excluding carboxylic acids is 2. The van der Waals surface area contributed by atoms with Crippen molar-refractivity contribution < 1.29 is 22.7 Å². The van der Waals surface area contributed by atoms with Gasteiger partial charge in [-0.2, -0.15) is 0 Å². The molecule has 0 saturated carbocycles. The molecule has 0 aliphatic carbocycles. The molecule has 2 aromatic carbocycles. The molecule has 156 valence electrons. The summed E-state index contributed by atoms with van der Waals surface area (Å²) >= 11 is 0. The normalized spacial score (nSPS) is 11.0. The zero-order valence-electron chi connectivity index (χ0n) is 16.4. The van der Waals surface area contributed by atoms with E-state index >= 15 is 0 Å². The van der Waals surface area contributed by atoms with Gasteiger partial charge in [0.05, 0.1) is 13.2 Å². The molecule has 0 radical (unpaired) electrons. The van der Waals surface area contributed by atoms with Crippen molar-refractivity contribution in [3.8, 4) is 5.75 Å². The van der Waals surface area contributed by atoms with Gasteiger partial charge in [-0.25, -0.2) is 17.5 Å². The van der Waals surface area contributed by atoms with Crippen LogP contribution in [0.5, 0.6) is 5.75 Å². The van der Waals surface area contributed by atoms with Crippen molar-refractivity contribution in [1.82, 2.24) is 9.62 Å². The SMILES string of the molecule is CCOc1ccc(NCC(=O)NC(=O)Nc2ccccc2)cc1S(=O)(=O)N(C)C. The molecule has 0 unspecified atom stereocenters. The van der Waals surface area contributed by atoms with Crippen molar-refractivity contribution in [2.45, 2.75) is 11.8 Å². The second kappa shape index (κ2) is 9.89. The topological polar surface area (TPSA) is 117 Å². The Balaban J connectivity index is 2.02. The summed E-state index contributed by atoms with van der Waals surface area (Å²) in [4.78, 5) is 23.8. The molecule has 0 fully saturated rings. The Labute approximate surface area is 170 Å². The third-order valence-corrected chi connectivity index (χ3v) is 5.58. The summed E-state index contributed by atoms with van der Waals surface area (Å²) in [5.41, 5.74) is 0.948. The fourth-order valence-electron chi connectivity index (χ4n) is 2.33. The number of imide groups is 1. The third-order valence-electron chi connectivity index (χ3n) is 3.74. The molecule has 10 heteroatoms. The summed E-state index contributed by atoms with van der Waals surface area (Å²) in [7, 11) is -0.900. The van der Waals surface area contributed by atoms with Crippen LogP contribution in [0.25, 0.3) is 0 Å². The standard InChI is InChI=1S/C19H24N4O5S/c1-4-28-16-11-10-15(12-17(16)29(26,27)23(2)3)20-13-18(24)22-19(25)21-14-8-6-5-7-9-14/h5-12,20H,4,13H2,1-3H3,(H2,21,22,24,25). The molecule has 0 heterocycles. The predicted octanol–water partition coefficient (Wildman–Crippen LogP) is 2.10. The molecule has 0 atom stereocenters. The fourth-order valence-corrected chi connectivity index (χ4v) is 3.38. The van der Waals surface area contributed by atoms with Gasteiger partial charge in [-0.3, -0.25) is 10.1 Å². The Morgan fingerprint density at radius 3 is 2.34 bits per heavy atom. The number of ether oxygens (including phenoxy) is 1. The van der Waals surface area contributed by atoms with E-state index in [1.165, 1.54) is 26.2 Å². The van der Waals surface area contributed by atoms with E-state index in [1.54, 1.807) is 43.3 Å². The summed E-state index contributed by atoms with van der Waals surface area (Å²) in [6.45, 7) is 1.84. The average Bonchev–Trinajstić information content (AvgIpc) is 2.67. The Morgan fingerprint density at radius 1 is 1.03 bits per heavy atom. The zero-order chi connectivity index (χ0) is 21.4. The van der Waals surface area contributed by atoms with Crippen molar-refractivity contribution in [2.75, 3.05) is 37.9 Å².